The maximum Gasteiger partial charge on any atom is 0.187 e. The fourth-order valence-corrected chi connectivity index (χ4v) is 2.97. The molecule has 2 aromatic heterocycles. The van der Waals surface area contributed by atoms with Crippen molar-refractivity contribution in [3.8, 4) is 0 Å². The lowest BCUT2D eigenvalue weighted by atomic mass is 10.2. The number of fused-ring (bicyclic) bond motifs is 3. The van der Waals surface area contributed by atoms with Crippen LogP contribution in [0.4, 0.5) is 0 Å². The Balaban J connectivity index is 1.84. The van der Waals surface area contributed by atoms with Crippen LogP contribution in [0.3, 0.4) is 0 Å². The van der Waals surface area contributed by atoms with Gasteiger partial charge >= 0.3 is 0 Å². The van der Waals surface area contributed by atoms with E-state index in [2.05, 4.69) is 51.5 Å². The Labute approximate surface area is 137 Å². The second-order valence-electron chi connectivity index (χ2n) is 5.09. The predicted molar refractivity (Wildman–Crippen MR) is 96.2 cm³/mol. The molecule has 0 radical (unpaired) electrons. The highest BCUT2D eigenvalue weighted by Gasteiger charge is 2.08. The molecule has 0 N–H and O–H groups in total. The molecule has 4 nitrogen and oxygen atoms in total. The molecular weight excluding hydrogens is 304 g/mol. The molecule has 4 aromatic rings. The quantitative estimate of drug-likeness (QED) is 0.323. The van der Waals surface area contributed by atoms with Gasteiger partial charge in [0.2, 0.25) is 0 Å². The second kappa shape index (κ2) is 5.85. The molecule has 0 aliphatic rings. The van der Waals surface area contributed by atoms with Crippen molar-refractivity contribution in [2.24, 2.45) is 5.10 Å². The Bertz CT molecular complexity index is 949. The van der Waals surface area contributed by atoms with Crippen molar-refractivity contribution < 1.29 is 0 Å². The van der Waals surface area contributed by atoms with E-state index in [1.165, 1.54) is 22.5 Å². The lowest BCUT2D eigenvalue weighted by molar-refractivity contribution is 0.955. The van der Waals surface area contributed by atoms with Gasteiger partial charge in [-0.15, -0.1) is 0 Å². The number of hydrogen-bond donors (Lipinski definition) is 0. The molecule has 0 atom stereocenters. The Morgan fingerprint density at radius 1 is 0.913 bits per heavy atom. The predicted octanol–water partition coefficient (Wildman–Crippen LogP) is 4.19. The summed E-state index contributed by atoms with van der Waals surface area (Å²) in [6.07, 6.45) is 7.33. The molecule has 0 saturated heterocycles. The van der Waals surface area contributed by atoms with Gasteiger partial charge < -0.3 is 0 Å². The Kier molecular flexibility index (Phi) is 3.55. The van der Waals surface area contributed by atoms with Crippen LogP contribution >= 0.6 is 11.8 Å². The van der Waals surface area contributed by atoms with Gasteiger partial charge in [0, 0.05) is 28.7 Å². The van der Waals surface area contributed by atoms with Crippen molar-refractivity contribution in [2.45, 2.75) is 5.16 Å². The number of rotatable bonds is 3. The van der Waals surface area contributed by atoms with Crippen molar-refractivity contribution in [2.75, 3.05) is 6.26 Å². The molecule has 0 spiro atoms. The molecule has 4 rings (SSSR count). The van der Waals surface area contributed by atoms with E-state index >= 15 is 0 Å². The summed E-state index contributed by atoms with van der Waals surface area (Å²) in [5.74, 6) is 0. The zero-order valence-electron chi connectivity index (χ0n) is 12.5. The first-order valence-electron chi connectivity index (χ1n) is 7.25. The van der Waals surface area contributed by atoms with Crippen molar-refractivity contribution in [3.63, 3.8) is 0 Å². The highest BCUT2D eigenvalue weighted by atomic mass is 32.2. The number of aromatic nitrogens is 3. The highest BCUT2D eigenvalue weighted by Crippen LogP contribution is 2.28. The molecule has 0 bridgehead atoms. The third-order valence-electron chi connectivity index (χ3n) is 3.71. The summed E-state index contributed by atoms with van der Waals surface area (Å²) in [5, 5.41) is 7.82. The maximum atomic E-state index is 4.65. The molecule has 0 aliphatic heterocycles. The fraction of sp³-hybridized carbons (Fsp3) is 0.0556. The van der Waals surface area contributed by atoms with Gasteiger partial charge in [-0.2, -0.15) is 5.10 Å². The van der Waals surface area contributed by atoms with Gasteiger partial charge in [0.05, 0.1) is 17.2 Å². The zero-order chi connectivity index (χ0) is 15.6. The first-order valence-corrected chi connectivity index (χ1v) is 8.48. The number of hydrogen-bond acceptors (Lipinski definition) is 4. The third kappa shape index (κ3) is 2.49. The largest absolute Gasteiger partial charge is 0.232 e. The Morgan fingerprint density at radius 3 is 2.04 bits per heavy atom. The highest BCUT2D eigenvalue weighted by molar-refractivity contribution is 7.98. The monoisotopic (exact) mass is 318 g/mol. The average molecular weight is 318 g/mol. The molecule has 0 aliphatic carbocycles. The number of benzene rings is 2. The zero-order valence-corrected chi connectivity index (χ0v) is 13.4. The van der Waals surface area contributed by atoms with Crippen LogP contribution < -0.4 is 0 Å². The van der Waals surface area contributed by atoms with E-state index < -0.39 is 0 Å². The molecule has 2 aromatic carbocycles. The summed E-state index contributed by atoms with van der Waals surface area (Å²) in [5.41, 5.74) is 3.06. The van der Waals surface area contributed by atoms with Gasteiger partial charge in [-0.3, -0.25) is 0 Å². The van der Waals surface area contributed by atoms with Crippen molar-refractivity contribution in [1.29, 1.82) is 0 Å². The van der Waals surface area contributed by atoms with Gasteiger partial charge in [0.1, 0.15) is 0 Å². The molecule has 5 heteroatoms. The fourth-order valence-electron chi connectivity index (χ4n) is 2.65. The first kappa shape index (κ1) is 14.0. The number of thioether (sulfide) groups is 1. The van der Waals surface area contributed by atoms with E-state index in [0.29, 0.717) is 0 Å². The summed E-state index contributed by atoms with van der Waals surface area (Å²) in [4.78, 5) is 8.55. The van der Waals surface area contributed by atoms with Crippen LogP contribution in [0.2, 0.25) is 0 Å². The average Bonchev–Trinajstić information content (AvgIpc) is 2.94. The van der Waals surface area contributed by atoms with Crippen LogP contribution in [-0.4, -0.2) is 27.1 Å². The van der Waals surface area contributed by atoms with Crippen molar-refractivity contribution in [1.82, 2.24) is 14.6 Å². The SMILES string of the molecule is CSc1ncc(C=Nn2c3ccccc3c3ccccc32)cn1. The summed E-state index contributed by atoms with van der Waals surface area (Å²) in [7, 11) is 0. The van der Waals surface area contributed by atoms with Crippen LogP contribution in [0.15, 0.2) is 71.2 Å². The number of para-hydroxylation sites is 2. The van der Waals surface area contributed by atoms with Crippen LogP contribution in [0.5, 0.6) is 0 Å². The van der Waals surface area contributed by atoms with Crippen LogP contribution in [0, 0.1) is 0 Å². The number of nitrogens with zero attached hydrogens (tertiary/aromatic N) is 4. The second-order valence-corrected chi connectivity index (χ2v) is 5.87. The van der Waals surface area contributed by atoms with Crippen LogP contribution in [0.1, 0.15) is 5.56 Å². The molecule has 0 saturated carbocycles. The summed E-state index contributed by atoms with van der Waals surface area (Å²) in [6.45, 7) is 0. The molecule has 0 unspecified atom stereocenters. The molecule has 112 valence electrons. The van der Waals surface area contributed by atoms with Gasteiger partial charge in [0.15, 0.2) is 5.16 Å². The summed E-state index contributed by atoms with van der Waals surface area (Å²) < 4.78 is 1.97. The standard InChI is InChI=1S/C18H14N4S/c1-23-18-19-10-13(11-20-18)12-21-22-16-8-4-2-6-14(16)15-7-3-5-9-17(15)22/h2-12H,1H3. The smallest absolute Gasteiger partial charge is 0.187 e. The van der Waals surface area contributed by atoms with E-state index in [-0.39, 0.29) is 0 Å². The van der Waals surface area contributed by atoms with Crippen molar-refractivity contribution >= 4 is 39.8 Å². The molecule has 0 amide bonds. The van der Waals surface area contributed by atoms with Gasteiger partial charge in [-0.25, -0.2) is 14.6 Å². The minimum Gasteiger partial charge on any atom is -0.232 e. The van der Waals surface area contributed by atoms with Gasteiger partial charge in [-0.05, 0) is 18.4 Å². The molecule has 0 fully saturated rings. The minimum absolute atomic E-state index is 0.763. The Morgan fingerprint density at radius 2 is 1.48 bits per heavy atom. The molecule has 2 heterocycles. The Hall–Kier alpha value is -2.66. The normalized spacial score (nSPS) is 11.7. The topological polar surface area (TPSA) is 43.1 Å². The van der Waals surface area contributed by atoms with E-state index in [1.807, 2.05) is 23.1 Å². The van der Waals surface area contributed by atoms with Gasteiger partial charge in [0.25, 0.3) is 0 Å². The van der Waals surface area contributed by atoms with Crippen molar-refractivity contribution in [3.05, 3.63) is 66.5 Å². The van der Waals surface area contributed by atoms with Crippen LogP contribution in [-0.2, 0) is 0 Å². The van der Waals surface area contributed by atoms with E-state index in [9.17, 15) is 0 Å². The minimum atomic E-state index is 0.763. The molecular formula is C18H14N4S. The maximum absolute atomic E-state index is 4.65. The third-order valence-corrected chi connectivity index (χ3v) is 4.28. The summed E-state index contributed by atoms with van der Waals surface area (Å²) in [6, 6.07) is 16.6. The van der Waals surface area contributed by atoms with E-state index in [0.717, 1.165) is 21.8 Å². The lowest BCUT2D eigenvalue weighted by Gasteiger charge is -2.00. The summed E-state index contributed by atoms with van der Waals surface area (Å²) >= 11 is 1.53. The van der Waals surface area contributed by atoms with Gasteiger partial charge in [-0.1, -0.05) is 48.2 Å². The molecule has 23 heavy (non-hydrogen) atoms. The lowest BCUT2D eigenvalue weighted by Crippen LogP contribution is -1.93. The van der Waals surface area contributed by atoms with E-state index in [4.69, 9.17) is 0 Å². The van der Waals surface area contributed by atoms with E-state index in [1.54, 1.807) is 18.6 Å². The first-order chi connectivity index (χ1) is 11.4. The van der Waals surface area contributed by atoms with Crippen LogP contribution in [0.25, 0.3) is 21.8 Å².